The minimum absolute atomic E-state index is 0.0221. The average molecular weight is 484 g/mol. The number of aliphatic imine (C=N–C) groups is 1. The zero-order chi connectivity index (χ0) is 24.2. The molecule has 1 unspecified atom stereocenters. The molecule has 5 aromatic rings. The molecule has 0 radical (unpaired) electrons. The molecule has 0 aromatic heterocycles. The van der Waals surface area contributed by atoms with Gasteiger partial charge >= 0.3 is 0 Å². The molecule has 0 fully saturated rings. The van der Waals surface area contributed by atoms with Crippen LogP contribution < -0.4 is 15.9 Å². The van der Waals surface area contributed by atoms with E-state index in [-0.39, 0.29) is 6.04 Å². The summed E-state index contributed by atoms with van der Waals surface area (Å²) in [5.74, 6) is 0.736. The first-order valence-corrected chi connectivity index (χ1v) is 13.6. The maximum absolute atomic E-state index is 6.24. The van der Waals surface area contributed by atoms with E-state index in [1.165, 1.54) is 32.6 Å². The van der Waals surface area contributed by atoms with Crippen LogP contribution in [0.2, 0.25) is 0 Å². The van der Waals surface area contributed by atoms with Crippen molar-refractivity contribution in [2.24, 2.45) is 4.99 Å². The molecule has 1 aliphatic rings. The number of benzene rings is 5. The summed E-state index contributed by atoms with van der Waals surface area (Å²) in [6.45, 7) is 0.567. The summed E-state index contributed by atoms with van der Waals surface area (Å²) in [5, 5.41) is 3.90. The second-order valence-electron chi connectivity index (χ2n) is 8.74. The monoisotopic (exact) mass is 483 g/mol. The van der Waals surface area contributed by atoms with Crippen LogP contribution in [-0.4, -0.2) is 12.5 Å². The topological polar surface area (TPSA) is 21.6 Å². The van der Waals surface area contributed by atoms with Gasteiger partial charge in [0, 0.05) is 5.56 Å². The SMILES string of the molecule is c1ccc(-c2ccccc2P(c2ccccc2)c2ccccc2C2=N[C@@H](c3ccccc3)CO2)cc1. The Labute approximate surface area is 213 Å². The third-order valence-electron chi connectivity index (χ3n) is 6.45. The Kier molecular flexibility index (Phi) is 6.44. The highest BCUT2D eigenvalue weighted by Gasteiger charge is 2.28. The molecule has 6 rings (SSSR count). The summed E-state index contributed by atoms with van der Waals surface area (Å²) in [4.78, 5) is 5.04. The fraction of sp³-hybridized carbons (Fsp3) is 0.0606. The summed E-state index contributed by atoms with van der Waals surface area (Å²) < 4.78 is 6.24. The van der Waals surface area contributed by atoms with E-state index < -0.39 is 7.92 Å². The van der Waals surface area contributed by atoms with Crippen LogP contribution in [0.3, 0.4) is 0 Å². The van der Waals surface area contributed by atoms with Crippen molar-refractivity contribution in [1.29, 1.82) is 0 Å². The van der Waals surface area contributed by atoms with Crippen molar-refractivity contribution in [2.45, 2.75) is 6.04 Å². The summed E-state index contributed by atoms with van der Waals surface area (Å²) in [6.07, 6.45) is 0. The quantitative estimate of drug-likeness (QED) is 0.249. The van der Waals surface area contributed by atoms with Crippen molar-refractivity contribution in [3.05, 3.63) is 151 Å². The summed E-state index contributed by atoms with van der Waals surface area (Å²) in [7, 11) is -0.857. The van der Waals surface area contributed by atoms with E-state index in [0.717, 1.165) is 11.5 Å². The third-order valence-corrected chi connectivity index (χ3v) is 9.01. The number of ether oxygens (including phenoxy) is 1. The molecular formula is C33H26NOP. The van der Waals surface area contributed by atoms with Crippen LogP contribution >= 0.6 is 7.92 Å². The Morgan fingerprint density at radius 2 is 1.08 bits per heavy atom. The highest BCUT2D eigenvalue weighted by atomic mass is 31.1. The first-order chi connectivity index (χ1) is 17.9. The fourth-order valence-electron chi connectivity index (χ4n) is 4.73. The Bertz CT molecular complexity index is 1480. The molecule has 0 N–H and O–H groups in total. The van der Waals surface area contributed by atoms with E-state index >= 15 is 0 Å². The first kappa shape index (κ1) is 22.5. The van der Waals surface area contributed by atoms with Crippen LogP contribution in [0, 0.1) is 0 Å². The van der Waals surface area contributed by atoms with Gasteiger partial charge in [-0.25, -0.2) is 4.99 Å². The zero-order valence-corrected chi connectivity index (χ0v) is 20.8. The third kappa shape index (κ3) is 4.49. The molecule has 3 heteroatoms. The van der Waals surface area contributed by atoms with Crippen molar-refractivity contribution in [1.82, 2.24) is 0 Å². The Balaban J connectivity index is 1.51. The van der Waals surface area contributed by atoms with Gasteiger partial charge in [0.2, 0.25) is 5.90 Å². The summed E-state index contributed by atoms with van der Waals surface area (Å²) >= 11 is 0. The van der Waals surface area contributed by atoms with Gasteiger partial charge in [-0.3, -0.25) is 0 Å². The minimum Gasteiger partial charge on any atom is -0.475 e. The molecule has 0 saturated heterocycles. The molecular weight excluding hydrogens is 457 g/mol. The standard InChI is InChI=1S/C33H26NOP/c1-4-14-25(15-5-1)28-20-10-12-22-31(28)36(27-18-8-3-9-19-27)32-23-13-11-21-29(32)33-34-30(24-35-33)26-16-6-2-7-17-26/h1-23,30H,24H2/t30-,36?/m1/s1. The largest absolute Gasteiger partial charge is 0.475 e. The van der Waals surface area contributed by atoms with Crippen molar-refractivity contribution < 1.29 is 4.74 Å². The lowest BCUT2D eigenvalue weighted by molar-refractivity contribution is 0.320. The van der Waals surface area contributed by atoms with Crippen LogP contribution in [0.5, 0.6) is 0 Å². The Morgan fingerprint density at radius 1 is 0.556 bits per heavy atom. The Morgan fingerprint density at radius 3 is 1.78 bits per heavy atom. The highest BCUT2D eigenvalue weighted by Crippen LogP contribution is 2.39. The van der Waals surface area contributed by atoms with E-state index in [2.05, 4.69) is 133 Å². The average Bonchev–Trinajstić information content (AvgIpc) is 3.46. The van der Waals surface area contributed by atoms with Gasteiger partial charge in [0.1, 0.15) is 12.6 Å². The predicted octanol–water partition coefficient (Wildman–Crippen LogP) is 6.63. The zero-order valence-electron chi connectivity index (χ0n) is 19.9. The van der Waals surface area contributed by atoms with Crippen molar-refractivity contribution in [3.8, 4) is 11.1 Å². The second-order valence-corrected chi connectivity index (χ2v) is 10.9. The molecule has 1 heterocycles. The number of rotatable bonds is 6. The van der Waals surface area contributed by atoms with Crippen LogP contribution in [0.4, 0.5) is 0 Å². The number of hydrogen-bond donors (Lipinski definition) is 0. The molecule has 1 aliphatic heterocycles. The van der Waals surface area contributed by atoms with E-state index in [0.29, 0.717) is 6.61 Å². The first-order valence-electron chi connectivity index (χ1n) is 12.2. The molecule has 2 nitrogen and oxygen atoms in total. The summed E-state index contributed by atoms with van der Waals surface area (Å²) in [5.41, 5.74) is 4.76. The van der Waals surface area contributed by atoms with Crippen LogP contribution in [0.15, 0.2) is 145 Å². The van der Waals surface area contributed by atoms with Crippen LogP contribution in [-0.2, 0) is 4.74 Å². The maximum Gasteiger partial charge on any atom is 0.217 e. The lowest BCUT2D eigenvalue weighted by Gasteiger charge is -2.24. The smallest absolute Gasteiger partial charge is 0.217 e. The highest BCUT2D eigenvalue weighted by molar-refractivity contribution is 7.80. The molecule has 0 saturated carbocycles. The van der Waals surface area contributed by atoms with Gasteiger partial charge in [0.05, 0.1) is 0 Å². The molecule has 174 valence electrons. The van der Waals surface area contributed by atoms with Crippen molar-refractivity contribution >= 4 is 29.7 Å². The van der Waals surface area contributed by atoms with Gasteiger partial charge in [0.25, 0.3) is 0 Å². The number of nitrogens with zero attached hydrogens (tertiary/aromatic N) is 1. The number of hydrogen-bond acceptors (Lipinski definition) is 2. The van der Waals surface area contributed by atoms with E-state index in [1.54, 1.807) is 0 Å². The van der Waals surface area contributed by atoms with Crippen LogP contribution in [0.1, 0.15) is 17.2 Å². The molecule has 0 amide bonds. The molecule has 0 aliphatic carbocycles. The van der Waals surface area contributed by atoms with Gasteiger partial charge < -0.3 is 4.74 Å². The molecule has 0 bridgehead atoms. The normalized spacial score (nSPS) is 15.7. The van der Waals surface area contributed by atoms with Crippen molar-refractivity contribution in [2.75, 3.05) is 6.61 Å². The van der Waals surface area contributed by atoms with Crippen LogP contribution in [0.25, 0.3) is 11.1 Å². The van der Waals surface area contributed by atoms with Gasteiger partial charge in [0.15, 0.2) is 0 Å². The van der Waals surface area contributed by atoms with Gasteiger partial charge in [-0.1, -0.05) is 133 Å². The lowest BCUT2D eigenvalue weighted by Crippen LogP contribution is -2.26. The summed E-state index contributed by atoms with van der Waals surface area (Å²) in [6, 6.07) is 49.4. The molecule has 2 atom stereocenters. The molecule has 0 spiro atoms. The Hall–Kier alpha value is -4.00. The maximum atomic E-state index is 6.24. The second kappa shape index (κ2) is 10.3. The van der Waals surface area contributed by atoms with Gasteiger partial charge in [-0.15, -0.1) is 0 Å². The van der Waals surface area contributed by atoms with E-state index in [4.69, 9.17) is 9.73 Å². The minimum atomic E-state index is -0.857. The predicted molar refractivity (Wildman–Crippen MR) is 152 cm³/mol. The van der Waals surface area contributed by atoms with E-state index in [1.807, 2.05) is 6.07 Å². The van der Waals surface area contributed by atoms with Crippen molar-refractivity contribution in [3.63, 3.8) is 0 Å². The lowest BCUT2D eigenvalue weighted by atomic mass is 10.1. The van der Waals surface area contributed by atoms with E-state index in [9.17, 15) is 0 Å². The molecule has 36 heavy (non-hydrogen) atoms. The van der Waals surface area contributed by atoms with Gasteiger partial charge in [-0.2, -0.15) is 0 Å². The van der Waals surface area contributed by atoms with Gasteiger partial charge in [-0.05, 0) is 46.6 Å². The molecule has 5 aromatic carbocycles. The fourth-order valence-corrected chi connectivity index (χ4v) is 7.34.